The molecule has 1 aliphatic rings. The maximum atomic E-state index is 10.3. The maximum absolute atomic E-state index is 10.3. The van der Waals surface area contributed by atoms with Gasteiger partial charge in [0.05, 0.1) is 5.54 Å². The highest BCUT2D eigenvalue weighted by atomic mass is 16.1. The van der Waals surface area contributed by atoms with Crippen molar-refractivity contribution in [3.63, 3.8) is 0 Å². The molecular formula is C11H19NO. The Morgan fingerprint density at radius 2 is 1.85 bits per heavy atom. The molecule has 0 bridgehead atoms. The summed E-state index contributed by atoms with van der Waals surface area (Å²) in [7, 11) is 0. The first-order valence-corrected chi connectivity index (χ1v) is 5.38. The molecule has 2 nitrogen and oxygen atoms in total. The fraction of sp³-hybridized carbons (Fsp3) is 0.909. The molecular weight excluding hydrogens is 162 g/mol. The predicted molar refractivity (Wildman–Crippen MR) is 53.4 cm³/mol. The topological polar surface area (TPSA) is 29.4 Å². The lowest BCUT2D eigenvalue weighted by Gasteiger charge is -2.21. The molecule has 0 aromatic heterocycles. The van der Waals surface area contributed by atoms with Crippen LogP contribution in [0.3, 0.4) is 0 Å². The van der Waals surface area contributed by atoms with Gasteiger partial charge < -0.3 is 0 Å². The van der Waals surface area contributed by atoms with Crippen molar-refractivity contribution in [3.05, 3.63) is 0 Å². The zero-order valence-electron chi connectivity index (χ0n) is 8.68. The minimum Gasteiger partial charge on any atom is -0.211 e. The first-order chi connectivity index (χ1) is 6.29. The molecule has 0 aliphatic heterocycles. The molecule has 1 saturated carbocycles. The Hall–Kier alpha value is -0.620. The molecule has 0 unspecified atom stereocenters. The van der Waals surface area contributed by atoms with Crippen LogP contribution in [0.4, 0.5) is 0 Å². The number of nitrogens with zero attached hydrogens (tertiary/aromatic N) is 1. The van der Waals surface area contributed by atoms with Gasteiger partial charge >= 0.3 is 0 Å². The van der Waals surface area contributed by atoms with E-state index in [9.17, 15) is 4.79 Å². The summed E-state index contributed by atoms with van der Waals surface area (Å²) >= 11 is 0. The van der Waals surface area contributed by atoms with Gasteiger partial charge in [0.15, 0.2) is 0 Å². The highest BCUT2D eigenvalue weighted by Gasteiger charge is 2.48. The van der Waals surface area contributed by atoms with Crippen LogP contribution >= 0.6 is 0 Å². The molecule has 0 heterocycles. The minimum absolute atomic E-state index is 0.0216. The highest BCUT2D eigenvalue weighted by molar-refractivity contribution is 5.37. The van der Waals surface area contributed by atoms with Crippen molar-refractivity contribution >= 4 is 6.08 Å². The Balaban J connectivity index is 2.57. The van der Waals surface area contributed by atoms with Crippen LogP contribution in [0.15, 0.2) is 4.99 Å². The van der Waals surface area contributed by atoms with Crippen molar-refractivity contribution in [1.29, 1.82) is 0 Å². The number of aliphatic imine (C=N–C) groups is 1. The lowest BCUT2D eigenvalue weighted by Crippen LogP contribution is -2.20. The fourth-order valence-electron chi connectivity index (χ4n) is 2.21. The van der Waals surface area contributed by atoms with Gasteiger partial charge in [-0.1, -0.05) is 26.7 Å². The van der Waals surface area contributed by atoms with Crippen LogP contribution < -0.4 is 0 Å². The van der Waals surface area contributed by atoms with E-state index < -0.39 is 0 Å². The third-order valence-electron chi connectivity index (χ3n) is 3.06. The van der Waals surface area contributed by atoms with E-state index in [-0.39, 0.29) is 5.54 Å². The summed E-state index contributed by atoms with van der Waals surface area (Å²) in [5.41, 5.74) is 0.0216. The minimum atomic E-state index is 0.0216. The van der Waals surface area contributed by atoms with Crippen molar-refractivity contribution in [2.75, 3.05) is 0 Å². The Morgan fingerprint density at radius 3 is 2.15 bits per heavy atom. The van der Waals surface area contributed by atoms with Crippen LogP contribution in [-0.4, -0.2) is 11.6 Å². The summed E-state index contributed by atoms with van der Waals surface area (Å²) in [6.45, 7) is 4.40. The standard InChI is InChI=1S/C11H19NO/c1-3-5-10(6-4-2)11(7-8-11)12-9-13/h10H,3-8H2,1-2H3. The smallest absolute Gasteiger partial charge is 0.211 e. The molecule has 13 heavy (non-hydrogen) atoms. The molecule has 0 radical (unpaired) electrons. The van der Waals surface area contributed by atoms with E-state index in [0.29, 0.717) is 5.92 Å². The van der Waals surface area contributed by atoms with Crippen LogP contribution in [0.2, 0.25) is 0 Å². The van der Waals surface area contributed by atoms with Crippen LogP contribution in [-0.2, 0) is 4.79 Å². The number of hydrogen-bond acceptors (Lipinski definition) is 2. The lowest BCUT2D eigenvalue weighted by atomic mass is 9.89. The van der Waals surface area contributed by atoms with E-state index in [4.69, 9.17) is 0 Å². The summed E-state index contributed by atoms with van der Waals surface area (Å²) < 4.78 is 0. The van der Waals surface area contributed by atoms with E-state index in [2.05, 4.69) is 18.8 Å². The maximum Gasteiger partial charge on any atom is 0.235 e. The van der Waals surface area contributed by atoms with Gasteiger partial charge in [-0.15, -0.1) is 0 Å². The van der Waals surface area contributed by atoms with E-state index >= 15 is 0 Å². The van der Waals surface area contributed by atoms with Gasteiger partial charge in [0.1, 0.15) is 0 Å². The molecule has 0 N–H and O–H groups in total. The summed E-state index contributed by atoms with van der Waals surface area (Å²) in [6.07, 6.45) is 8.76. The van der Waals surface area contributed by atoms with E-state index in [0.717, 1.165) is 12.8 Å². The number of rotatable bonds is 6. The predicted octanol–water partition coefficient (Wildman–Crippen LogP) is 3.07. The van der Waals surface area contributed by atoms with Crippen LogP contribution in [0, 0.1) is 5.92 Å². The van der Waals surface area contributed by atoms with Gasteiger partial charge in [-0.3, -0.25) is 0 Å². The average Bonchev–Trinajstić information content (AvgIpc) is 2.86. The Labute approximate surface area is 80.4 Å². The largest absolute Gasteiger partial charge is 0.235 e. The second-order valence-electron chi connectivity index (χ2n) is 4.08. The quantitative estimate of drug-likeness (QED) is 0.457. The van der Waals surface area contributed by atoms with Crippen molar-refractivity contribution in [1.82, 2.24) is 0 Å². The first-order valence-electron chi connectivity index (χ1n) is 5.38. The van der Waals surface area contributed by atoms with E-state index in [1.807, 2.05) is 0 Å². The lowest BCUT2D eigenvalue weighted by molar-refractivity contribution is 0.347. The van der Waals surface area contributed by atoms with Crippen LogP contribution in [0.25, 0.3) is 0 Å². The van der Waals surface area contributed by atoms with E-state index in [1.54, 1.807) is 6.08 Å². The Kier molecular flexibility index (Phi) is 3.68. The molecule has 0 saturated heterocycles. The summed E-state index contributed by atoms with van der Waals surface area (Å²) in [4.78, 5) is 14.3. The summed E-state index contributed by atoms with van der Waals surface area (Å²) in [5.74, 6) is 0.629. The third-order valence-corrected chi connectivity index (χ3v) is 3.06. The van der Waals surface area contributed by atoms with Crippen molar-refractivity contribution < 1.29 is 4.79 Å². The fourth-order valence-corrected chi connectivity index (χ4v) is 2.21. The van der Waals surface area contributed by atoms with E-state index in [1.165, 1.54) is 25.7 Å². The Morgan fingerprint density at radius 1 is 1.31 bits per heavy atom. The van der Waals surface area contributed by atoms with Crippen molar-refractivity contribution in [2.45, 2.75) is 57.9 Å². The third kappa shape index (κ3) is 2.41. The molecule has 1 fully saturated rings. The Bertz CT molecular complexity index is 196. The summed E-state index contributed by atoms with van der Waals surface area (Å²) in [6, 6.07) is 0. The second-order valence-corrected chi connectivity index (χ2v) is 4.08. The molecule has 0 spiro atoms. The SMILES string of the molecule is CCCC(CCC)C1(N=C=O)CC1. The first kappa shape index (κ1) is 10.5. The highest BCUT2D eigenvalue weighted by Crippen LogP contribution is 2.49. The number of carbonyl (C=O) groups excluding carboxylic acids is 1. The second kappa shape index (κ2) is 4.57. The summed E-state index contributed by atoms with van der Waals surface area (Å²) in [5, 5.41) is 0. The van der Waals surface area contributed by atoms with Gasteiger partial charge in [0.25, 0.3) is 0 Å². The molecule has 1 aliphatic carbocycles. The number of hydrogen-bond donors (Lipinski definition) is 0. The van der Waals surface area contributed by atoms with Gasteiger partial charge in [0.2, 0.25) is 6.08 Å². The molecule has 0 aromatic rings. The van der Waals surface area contributed by atoms with Crippen LogP contribution in [0.5, 0.6) is 0 Å². The van der Waals surface area contributed by atoms with Gasteiger partial charge in [-0.25, -0.2) is 4.79 Å². The monoisotopic (exact) mass is 181 g/mol. The van der Waals surface area contributed by atoms with Gasteiger partial charge in [0, 0.05) is 0 Å². The van der Waals surface area contributed by atoms with Crippen molar-refractivity contribution in [3.8, 4) is 0 Å². The molecule has 0 amide bonds. The zero-order valence-corrected chi connectivity index (χ0v) is 8.68. The molecule has 2 heteroatoms. The van der Waals surface area contributed by atoms with Gasteiger partial charge in [-0.05, 0) is 31.6 Å². The molecule has 0 aromatic carbocycles. The molecule has 74 valence electrons. The zero-order chi connectivity index (χ0) is 9.73. The molecule has 0 atom stereocenters. The molecule has 1 rings (SSSR count). The number of isocyanates is 1. The van der Waals surface area contributed by atoms with Gasteiger partial charge in [-0.2, -0.15) is 4.99 Å². The van der Waals surface area contributed by atoms with Crippen LogP contribution in [0.1, 0.15) is 52.4 Å². The average molecular weight is 181 g/mol. The van der Waals surface area contributed by atoms with Crippen molar-refractivity contribution in [2.24, 2.45) is 10.9 Å². The normalized spacial score (nSPS) is 18.4.